The third-order valence-corrected chi connectivity index (χ3v) is 3.09. The van der Waals surface area contributed by atoms with Gasteiger partial charge in [0, 0.05) is 0 Å². The van der Waals surface area contributed by atoms with Crippen molar-refractivity contribution >= 4 is 11.9 Å². The van der Waals surface area contributed by atoms with Crippen LogP contribution in [-0.4, -0.2) is 26.2 Å². The van der Waals surface area contributed by atoms with Gasteiger partial charge in [0.1, 0.15) is 0 Å². The van der Waals surface area contributed by atoms with E-state index in [2.05, 4.69) is 0 Å². The van der Waals surface area contributed by atoms with Crippen LogP contribution in [0.4, 0.5) is 0 Å². The minimum absolute atomic E-state index is 0.325. The summed E-state index contributed by atoms with van der Waals surface area (Å²) in [6.45, 7) is 2.04. The second kappa shape index (κ2) is 5.68. The first kappa shape index (κ1) is 12.7. The van der Waals surface area contributed by atoms with Crippen LogP contribution in [0.3, 0.4) is 0 Å². The van der Waals surface area contributed by atoms with Crippen LogP contribution in [-0.2, 0) is 19.1 Å². The predicted molar refractivity (Wildman–Crippen MR) is 58.6 cm³/mol. The fourth-order valence-electron chi connectivity index (χ4n) is 2.07. The molecule has 1 rings (SSSR count). The van der Waals surface area contributed by atoms with Crippen LogP contribution in [0.2, 0.25) is 0 Å². The number of allylic oxidation sites excluding steroid dienone is 2. The van der Waals surface area contributed by atoms with Crippen molar-refractivity contribution in [2.24, 2.45) is 11.8 Å². The first-order valence-corrected chi connectivity index (χ1v) is 5.47. The minimum Gasteiger partial charge on any atom is -0.469 e. The summed E-state index contributed by atoms with van der Waals surface area (Å²) in [4.78, 5) is 23.1. The van der Waals surface area contributed by atoms with Gasteiger partial charge in [-0.3, -0.25) is 9.59 Å². The van der Waals surface area contributed by atoms with E-state index >= 15 is 0 Å². The molecule has 0 aromatic rings. The van der Waals surface area contributed by atoms with E-state index < -0.39 is 11.8 Å². The molecule has 16 heavy (non-hydrogen) atoms. The van der Waals surface area contributed by atoms with Gasteiger partial charge in [0.05, 0.1) is 26.1 Å². The zero-order chi connectivity index (χ0) is 12.1. The highest BCUT2D eigenvalue weighted by Gasteiger charge is 2.37. The lowest BCUT2D eigenvalue weighted by Crippen LogP contribution is -2.33. The molecule has 0 heterocycles. The maximum atomic E-state index is 11.6. The molecule has 4 nitrogen and oxygen atoms in total. The van der Waals surface area contributed by atoms with Crippen molar-refractivity contribution in [2.75, 3.05) is 14.2 Å². The number of hydrogen-bond donors (Lipinski definition) is 0. The lowest BCUT2D eigenvalue weighted by atomic mass is 9.79. The third-order valence-electron chi connectivity index (χ3n) is 3.09. The Balaban J connectivity index is 2.85. The van der Waals surface area contributed by atoms with Crippen molar-refractivity contribution in [3.05, 3.63) is 11.6 Å². The van der Waals surface area contributed by atoms with E-state index in [0.29, 0.717) is 12.8 Å². The third kappa shape index (κ3) is 2.62. The van der Waals surface area contributed by atoms with Crippen LogP contribution in [0.1, 0.15) is 26.2 Å². The highest BCUT2D eigenvalue weighted by Crippen LogP contribution is 2.32. The second-order valence-electron chi connectivity index (χ2n) is 3.92. The summed E-state index contributed by atoms with van der Waals surface area (Å²) in [6, 6.07) is 0. The molecule has 0 radical (unpaired) electrons. The molecule has 1 aliphatic carbocycles. The lowest BCUT2D eigenvalue weighted by molar-refractivity contribution is -0.157. The maximum absolute atomic E-state index is 11.6. The molecule has 2 atom stereocenters. The van der Waals surface area contributed by atoms with Gasteiger partial charge in [0.15, 0.2) is 0 Å². The van der Waals surface area contributed by atoms with Crippen molar-refractivity contribution in [2.45, 2.75) is 26.2 Å². The summed E-state index contributed by atoms with van der Waals surface area (Å²) in [5.74, 6) is -1.44. The molecule has 1 aliphatic rings. The number of esters is 2. The van der Waals surface area contributed by atoms with Gasteiger partial charge in [-0.15, -0.1) is 0 Å². The molecule has 0 amide bonds. The molecule has 90 valence electrons. The van der Waals surface area contributed by atoms with Gasteiger partial charge in [0.25, 0.3) is 0 Å². The molecule has 0 spiro atoms. The van der Waals surface area contributed by atoms with E-state index in [1.807, 2.05) is 13.0 Å². The van der Waals surface area contributed by atoms with Crippen LogP contribution in [0.15, 0.2) is 11.6 Å². The van der Waals surface area contributed by atoms with Gasteiger partial charge in [-0.1, -0.05) is 18.6 Å². The Bertz CT molecular complexity index is 306. The fourth-order valence-corrected chi connectivity index (χ4v) is 2.07. The first-order valence-electron chi connectivity index (χ1n) is 5.47. The largest absolute Gasteiger partial charge is 0.469 e. The number of hydrogen-bond acceptors (Lipinski definition) is 4. The van der Waals surface area contributed by atoms with Crippen molar-refractivity contribution in [1.82, 2.24) is 0 Å². The van der Waals surface area contributed by atoms with Crippen LogP contribution in [0.5, 0.6) is 0 Å². The normalized spacial score (nSPS) is 24.6. The molecule has 0 saturated carbocycles. The smallest absolute Gasteiger partial charge is 0.309 e. The molecule has 0 aliphatic heterocycles. The van der Waals surface area contributed by atoms with Crippen LogP contribution in [0.25, 0.3) is 0 Å². The molecule has 0 aromatic heterocycles. The van der Waals surface area contributed by atoms with E-state index in [1.54, 1.807) is 0 Å². The molecule has 0 aromatic carbocycles. The average molecular weight is 226 g/mol. The summed E-state index contributed by atoms with van der Waals surface area (Å²) in [7, 11) is 2.69. The second-order valence-corrected chi connectivity index (χ2v) is 3.92. The van der Waals surface area contributed by atoms with Crippen molar-refractivity contribution < 1.29 is 19.1 Å². The Labute approximate surface area is 95.6 Å². The summed E-state index contributed by atoms with van der Waals surface area (Å²) < 4.78 is 9.44. The molecular formula is C12H18O4. The summed E-state index contributed by atoms with van der Waals surface area (Å²) in [6.07, 6.45) is 4.10. The highest BCUT2D eigenvalue weighted by molar-refractivity contribution is 5.82. The lowest BCUT2D eigenvalue weighted by Gasteiger charge is -2.27. The van der Waals surface area contributed by atoms with Crippen LogP contribution >= 0.6 is 0 Å². The van der Waals surface area contributed by atoms with E-state index in [0.717, 1.165) is 6.42 Å². The standard InChI is InChI=1S/C12H18O4/c1-4-8-5-6-9(11(13)15-2)10(7-8)12(14)16-3/h5,9-10H,4,6-7H2,1-3H3. The Morgan fingerprint density at radius 3 is 2.31 bits per heavy atom. The molecule has 0 bridgehead atoms. The number of carbonyl (C=O) groups is 2. The summed E-state index contributed by atoms with van der Waals surface area (Å²) >= 11 is 0. The SMILES string of the molecule is CCC1=CCC(C(=O)OC)C(C(=O)OC)C1. The number of carbonyl (C=O) groups excluding carboxylic acids is 2. The van der Waals surface area contributed by atoms with Gasteiger partial charge < -0.3 is 9.47 Å². The zero-order valence-corrected chi connectivity index (χ0v) is 9.99. The summed E-state index contributed by atoms with van der Waals surface area (Å²) in [5.41, 5.74) is 1.20. The quantitative estimate of drug-likeness (QED) is 0.543. The number of rotatable bonds is 3. The fraction of sp³-hybridized carbons (Fsp3) is 0.667. The Morgan fingerprint density at radius 1 is 1.25 bits per heavy atom. The zero-order valence-electron chi connectivity index (χ0n) is 9.99. The highest BCUT2D eigenvalue weighted by atomic mass is 16.5. The Morgan fingerprint density at radius 2 is 1.81 bits per heavy atom. The van der Waals surface area contributed by atoms with Crippen LogP contribution in [0, 0.1) is 11.8 Å². The van der Waals surface area contributed by atoms with E-state index in [9.17, 15) is 9.59 Å². The monoisotopic (exact) mass is 226 g/mol. The number of ether oxygens (including phenoxy) is 2. The summed E-state index contributed by atoms with van der Waals surface area (Å²) in [5, 5.41) is 0. The van der Waals surface area contributed by atoms with Crippen LogP contribution < -0.4 is 0 Å². The topological polar surface area (TPSA) is 52.6 Å². The molecule has 4 heteroatoms. The van der Waals surface area contributed by atoms with E-state index in [1.165, 1.54) is 19.8 Å². The van der Waals surface area contributed by atoms with E-state index in [4.69, 9.17) is 9.47 Å². The van der Waals surface area contributed by atoms with Gasteiger partial charge in [0.2, 0.25) is 0 Å². The average Bonchev–Trinajstić information content (AvgIpc) is 2.36. The predicted octanol–water partition coefficient (Wildman–Crippen LogP) is 1.70. The Hall–Kier alpha value is -1.32. The molecule has 0 N–H and O–H groups in total. The van der Waals surface area contributed by atoms with Gasteiger partial charge in [-0.25, -0.2) is 0 Å². The van der Waals surface area contributed by atoms with Gasteiger partial charge in [-0.05, 0) is 19.3 Å². The molecule has 0 saturated heterocycles. The van der Waals surface area contributed by atoms with Crippen molar-refractivity contribution in [3.63, 3.8) is 0 Å². The molecule has 0 fully saturated rings. The molecule has 2 unspecified atom stereocenters. The van der Waals surface area contributed by atoms with Crippen molar-refractivity contribution in [1.29, 1.82) is 0 Å². The first-order chi connectivity index (χ1) is 7.63. The number of methoxy groups -OCH3 is 2. The maximum Gasteiger partial charge on any atom is 0.309 e. The van der Waals surface area contributed by atoms with E-state index in [-0.39, 0.29) is 11.9 Å². The van der Waals surface area contributed by atoms with Gasteiger partial charge >= 0.3 is 11.9 Å². The van der Waals surface area contributed by atoms with Gasteiger partial charge in [-0.2, -0.15) is 0 Å². The Kier molecular flexibility index (Phi) is 4.52. The van der Waals surface area contributed by atoms with Crippen molar-refractivity contribution in [3.8, 4) is 0 Å². The minimum atomic E-state index is -0.396. The molecular weight excluding hydrogens is 208 g/mol.